The van der Waals surface area contributed by atoms with Crippen LogP contribution >= 0.6 is 0 Å². The molecule has 0 saturated heterocycles. The van der Waals surface area contributed by atoms with Gasteiger partial charge in [0.1, 0.15) is 0 Å². The minimum Gasteiger partial charge on any atom is -0.357 e. The van der Waals surface area contributed by atoms with Gasteiger partial charge in [-0.25, -0.2) is 0 Å². The van der Waals surface area contributed by atoms with Crippen molar-refractivity contribution in [3.8, 4) is 0 Å². The van der Waals surface area contributed by atoms with Gasteiger partial charge in [0.05, 0.1) is 12.7 Å². The lowest BCUT2D eigenvalue weighted by Crippen LogP contribution is -2.18. The van der Waals surface area contributed by atoms with E-state index in [0.717, 1.165) is 0 Å². The van der Waals surface area contributed by atoms with Crippen molar-refractivity contribution in [1.29, 1.82) is 0 Å². The zero-order chi connectivity index (χ0) is 7.23. The van der Waals surface area contributed by atoms with Gasteiger partial charge in [0.2, 0.25) is 6.41 Å². The van der Waals surface area contributed by atoms with E-state index in [9.17, 15) is 4.79 Å². The van der Waals surface area contributed by atoms with Crippen LogP contribution in [0.2, 0.25) is 0 Å². The van der Waals surface area contributed by atoms with Crippen LogP contribution in [0.25, 0.3) is 0 Å². The molecule has 0 aliphatic carbocycles. The molecule has 0 aromatic carbocycles. The predicted octanol–water partition coefficient (Wildman–Crippen LogP) is -0.976. The molecule has 0 fully saturated rings. The summed E-state index contributed by atoms with van der Waals surface area (Å²) in [4.78, 5) is 9.78. The molecule has 0 bridgehead atoms. The van der Waals surface area contributed by atoms with Crippen LogP contribution in [0.15, 0.2) is 12.4 Å². The highest BCUT2D eigenvalue weighted by Crippen LogP contribution is 1.76. The Kier molecular flexibility index (Phi) is 2.42. The molecule has 1 aromatic rings. The van der Waals surface area contributed by atoms with Crippen LogP contribution in [0.4, 0.5) is 0 Å². The highest BCUT2D eigenvalue weighted by Gasteiger charge is 1.87. The first-order chi connectivity index (χ1) is 4.93. The van der Waals surface area contributed by atoms with Gasteiger partial charge in [0.25, 0.3) is 0 Å². The molecule has 1 amide bonds. The SMILES string of the molecule is O=CNCCn1ccnn1. The number of amides is 1. The third-order valence-corrected chi connectivity index (χ3v) is 1.04. The molecular formula is C5H8N4O. The Bertz CT molecular complexity index is 184. The van der Waals surface area contributed by atoms with E-state index in [2.05, 4.69) is 15.6 Å². The number of hydrogen-bond acceptors (Lipinski definition) is 3. The van der Waals surface area contributed by atoms with E-state index >= 15 is 0 Å². The number of aromatic nitrogens is 3. The Morgan fingerprint density at radius 1 is 1.70 bits per heavy atom. The van der Waals surface area contributed by atoms with Crippen molar-refractivity contribution in [2.45, 2.75) is 6.54 Å². The fourth-order valence-corrected chi connectivity index (χ4v) is 0.590. The second-order valence-corrected chi connectivity index (χ2v) is 1.74. The molecule has 5 nitrogen and oxygen atoms in total. The normalized spacial score (nSPS) is 9.20. The van der Waals surface area contributed by atoms with Crippen molar-refractivity contribution in [3.05, 3.63) is 12.4 Å². The number of hydrogen-bond donors (Lipinski definition) is 1. The van der Waals surface area contributed by atoms with Gasteiger partial charge in [-0.1, -0.05) is 5.21 Å². The molecule has 5 heteroatoms. The number of rotatable bonds is 4. The average Bonchev–Trinajstić information content (AvgIpc) is 2.41. The van der Waals surface area contributed by atoms with Crippen molar-refractivity contribution in [2.75, 3.05) is 6.54 Å². The van der Waals surface area contributed by atoms with E-state index in [1.54, 1.807) is 17.1 Å². The number of carbonyl (C=O) groups excluding carboxylic acids is 1. The summed E-state index contributed by atoms with van der Waals surface area (Å²) in [5, 5.41) is 9.81. The molecule has 10 heavy (non-hydrogen) atoms. The van der Waals surface area contributed by atoms with Crippen LogP contribution < -0.4 is 5.32 Å². The summed E-state index contributed by atoms with van der Waals surface area (Å²) < 4.78 is 1.65. The first kappa shape index (κ1) is 6.73. The average molecular weight is 140 g/mol. The van der Waals surface area contributed by atoms with Crippen LogP contribution in [0.3, 0.4) is 0 Å². The van der Waals surface area contributed by atoms with Gasteiger partial charge < -0.3 is 5.32 Å². The predicted molar refractivity (Wildman–Crippen MR) is 34.1 cm³/mol. The lowest BCUT2D eigenvalue weighted by molar-refractivity contribution is -0.109. The van der Waals surface area contributed by atoms with Crippen molar-refractivity contribution in [1.82, 2.24) is 20.3 Å². The van der Waals surface area contributed by atoms with E-state index in [-0.39, 0.29) is 0 Å². The largest absolute Gasteiger partial charge is 0.357 e. The summed E-state index contributed by atoms with van der Waals surface area (Å²) in [6.07, 6.45) is 4.00. The molecule has 1 heterocycles. The third-order valence-electron chi connectivity index (χ3n) is 1.04. The van der Waals surface area contributed by atoms with Crippen LogP contribution in [0, 0.1) is 0 Å². The Balaban J connectivity index is 2.21. The molecule has 0 atom stereocenters. The summed E-state index contributed by atoms with van der Waals surface area (Å²) in [5.41, 5.74) is 0. The minimum atomic E-state index is 0.590. The van der Waals surface area contributed by atoms with E-state index < -0.39 is 0 Å². The highest BCUT2D eigenvalue weighted by molar-refractivity contribution is 5.45. The van der Waals surface area contributed by atoms with E-state index in [1.807, 2.05) is 0 Å². The molecule has 0 unspecified atom stereocenters. The standard InChI is InChI=1S/C5H8N4O/c10-5-6-1-3-9-4-2-7-8-9/h2,4-5H,1,3H2,(H,6,10). The maximum atomic E-state index is 9.78. The van der Waals surface area contributed by atoms with Gasteiger partial charge >= 0.3 is 0 Å². The molecule has 0 spiro atoms. The Morgan fingerprint density at radius 2 is 2.60 bits per heavy atom. The van der Waals surface area contributed by atoms with E-state index in [1.165, 1.54) is 0 Å². The molecular weight excluding hydrogens is 132 g/mol. The number of carbonyl (C=O) groups is 1. The molecule has 0 saturated carbocycles. The van der Waals surface area contributed by atoms with Gasteiger partial charge in [-0.3, -0.25) is 9.48 Å². The quantitative estimate of drug-likeness (QED) is 0.432. The molecule has 1 aromatic heterocycles. The number of nitrogens with zero attached hydrogens (tertiary/aromatic N) is 3. The molecule has 0 aliphatic heterocycles. The second kappa shape index (κ2) is 3.60. The van der Waals surface area contributed by atoms with Gasteiger partial charge in [-0.15, -0.1) is 5.10 Å². The fraction of sp³-hybridized carbons (Fsp3) is 0.400. The van der Waals surface area contributed by atoms with E-state index in [0.29, 0.717) is 19.5 Å². The second-order valence-electron chi connectivity index (χ2n) is 1.74. The zero-order valence-corrected chi connectivity index (χ0v) is 5.40. The topological polar surface area (TPSA) is 59.8 Å². The summed E-state index contributed by atoms with van der Waals surface area (Å²) >= 11 is 0. The first-order valence-electron chi connectivity index (χ1n) is 2.94. The first-order valence-corrected chi connectivity index (χ1v) is 2.94. The summed E-state index contributed by atoms with van der Waals surface area (Å²) in [6, 6.07) is 0. The van der Waals surface area contributed by atoms with Gasteiger partial charge in [0.15, 0.2) is 0 Å². The fourth-order valence-electron chi connectivity index (χ4n) is 0.590. The smallest absolute Gasteiger partial charge is 0.207 e. The lowest BCUT2D eigenvalue weighted by atomic mass is 10.6. The van der Waals surface area contributed by atoms with Crippen molar-refractivity contribution < 1.29 is 4.79 Å². The summed E-state index contributed by atoms with van der Waals surface area (Å²) in [6.45, 7) is 1.26. The molecule has 1 N–H and O–H groups in total. The molecule has 0 aliphatic rings. The van der Waals surface area contributed by atoms with Crippen molar-refractivity contribution in [2.24, 2.45) is 0 Å². The zero-order valence-electron chi connectivity index (χ0n) is 5.40. The Labute approximate surface area is 58.0 Å². The maximum absolute atomic E-state index is 9.78. The van der Waals surface area contributed by atoms with E-state index in [4.69, 9.17) is 0 Å². The van der Waals surface area contributed by atoms with Crippen molar-refractivity contribution >= 4 is 6.41 Å². The van der Waals surface area contributed by atoms with Gasteiger partial charge in [-0.2, -0.15) is 0 Å². The summed E-state index contributed by atoms with van der Waals surface area (Å²) in [5.74, 6) is 0. The minimum absolute atomic E-state index is 0.590. The van der Waals surface area contributed by atoms with Gasteiger partial charge in [0, 0.05) is 12.7 Å². The molecule has 1 rings (SSSR count). The van der Waals surface area contributed by atoms with Crippen LogP contribution in [0.5, 0.6) is 0 Å². The van der Waals surface area contributed by atoms with Crippen molar-refractivity contribution in [3.63, 3.8) is 0 Å². The Hall–Kier alpha value is -1.39. The highest BCUT2D eigenvalue weighted by atomic mass is 16.1. The van der Waals surface area contributed by atoms with Crippen LogP contribution in [0.1, 0.15) is 0 Å². The van der Waals surface area contributed by atoms with Crippen LogP contribution in [-0.4, -0.2) is 27.9 Å². The molecule has 54 valence electrons. The summed E-state index contributed by atoms with van der Waals surface area (Å²) in [7, 11) is 0. The van der Waals surface area contributed by atoms with Crippen LogP contribution in [-0.2, 0) is 11.3 Å². The number of nitrogens with one attached hydrogen (secondary N) is 1. The lowest BCUT2D eigenvalue weighted by Gasteiger charge is -1.96. The molecule has 0 radical (unpaired) electrons. The maximum Gasteiger partial charge on any atom is 0.207 e. The third kappa shape index (κ3) is 1.85. The Morgan fingerprint density at radius 3 is 3.20 bits per heavy atom. The van der Waals surface area contributed by atoms with Gasteiger partial charge in [-0.05, 0) is 0 Å². The monoisotopic (exact) mass is 140 g/mol.